The van der Waals surface area contributed by atoms with Crippen LogP contribution < -0.4 is 0 Å². The number of rotatable bonds is 2. The molecule has 2 heterocycles. The zero-order chi connectivity index (χ0) is 11.5. The SMILES string of the molecule is CC(C)c1cnn(-c2ccc(C#N)cn2)c1. The van der Waals surface area contributed by atoms with Crippen LogP contribution in [0.15, 0.2) is 30.7 Å². The van der Waals surface area contributed by atoms with Crippen molar-refractivity contribution in [2.24, 2.45) is 0 Å². The summed E-state index contributed by atoms with van der Waals surface area (Å²) in [6, 6.07) is 5.56. The van der Waals surface area contributed by atoms with Crippen LogP contribution in [0.25, 0.3) is 5.82 Å². The third-order valence-electron chi connectivity index (χ3n) is 2.38. The molecule has 0 atom stereocenters. The van der Waals surface area contributed by atoms with Gasteiger partial charge in [0.2, 0.25) is 0 Å². The lowest BCUT2D eigenvalue weighted by Gasteiger charge is -2.00. The van der Waals surface area contributed by atoms with Gasteiger partial charge in [-0.2, -0.15) is 10.4 Å². The van der Waals surface area contributed by atoms with Crippen molar-refractivity contribution < 1.29 is 0 Å². The van der Waals surface area contributed by atoms with Crippen molar-refractivity contribution in [2.75, 3.05) is 0 Å². The van der Waals surface area contributed by atoms with E-state index in [1.165, 1.54) is 5.56 Å². The van der Waals surface area contributed by atoms with Crippen molar-refractivity contribution >= 4 is 0 Å². The molecule has 0 aromatic carbocycles. The van der Waals surface area contributed by atoms with Gasteiger partial charge in [0.25, 0.3) is 0 Å². The molecule has 4 heteroatoms. The van der Waals surface area contributed by atoms with E-state index >= 15 is 0 Å². The monoisotopic (exact) mass is 212 g/mol. The lowest BCUT2D eigenvalue weighted by Crippen LogP contribution is -1.97. The Hall–Kier alpha value is -2.15. The Labute approximate surface area is 94.2 Å². The molecule has 0 bridgehead atoms. The highest BCUT2D eigenvalue weighted by Gasteiger charge is 2.04. The average Bonchev–Trinajstić information content (AvgIpc) is 2.78. The molecule has 0 radical (unpaired) electrons. The molecule has 0 aliphatic heterocycles. The van der Waals surface area contributed by atoms with Crippen molar-refractivity contribution in [3.63, 3.8) is 0 Å². The van der Waals surface area contributed by atoms with Gasteiger partial charge in [0, 0.05) is 12.4 Å². The van der Waals surface area contributed by atoms with Gasteiger partial charge in [0.05, 0.1) is 11.8 Å². The molecule has 0 unspecified atom stereocenters. The third-order valence-corrected chi connectivity index (χ3v) is 2.38. The van der Waals surface area contributed by atoms with Gasteiger partial charge in [-0.05, 0) is 23.6 Å². The lowest BCUT2D eigenvalue weighted by molar-refractivity contribution is 0.838. The van der Waals surface area contributed by atoms with Crippen molar-refractivity contribution in [1.82, 2.24) is 14.8 Å². The standard InChI is InChI=1S/C12H12N4/c1-9(2)11-7-15-16(8-11)12-4-3-10(5-13)6-14-12/h3-4,6-9H,1-2H3. The van der Waals surface area contributed by atoms with E-state index < -0.39 is 0 Å². The summed E-state index contributed by atoms with van der Waals surface area (Å²) >= 11 is 0. The molecule has 80 valence electrons. The summed E-state index contributed by atoms with van der Waals surface area (Å²) in [6.45, 7) is 4.24. The van der Waals surface area contributed by atoms with Crippen LogP contribution in [0, 0.1) is 11.3 Å². The third kappa shape index (κ3) is 1.94. The number of aromatic nitrogens is 3. The first-order valence-electron chi connectivity index (χ1n) is 5.12. The second kappa shape index (κ2) is 4.15. The predicted molar refractivity (Wildman–Crippen MR) is 60.2 cm³/mol. The molecule has 0 aliphatic carbocycles. The number of nitriles is 1. The fourth-order valence-corrected chi connectivity index (χ4v) is 1.35. The van der Waals surface area contributed by atoms with Gasteiger partial charge in [0.1, 0.15) is 6.07 Å². The van der Waals surface area contributed by atoms with Gasteiger partial charge in [0.15, 0.2) is 5.82 Å². The van der Waals surface area contributed by atoms with E-state index in [2.05, 4.69) is 23.9 Å². The Bertz CT molecular complexity index is 517. The molecular formula is C12H12N4. The minimum atomic E-state index is 0.451. The molecule has 0 fully saturated rings. The fraction of sp³-hybridized carbons (Fsp3) is 0.250. The van der Waals surface area contributed by atoms with E-state index in [4.69, 9.17) is 5.26 Å². The highest BCUT2D eigenvalue weighted by Crippen LogP contribution is 2.14. The van der Waals surface area contributed by atoms with Gasteiger partial charge in [-0.25, -0.2) is 9.67 Å². The number of nitrogens with zero attached hydrogens (tertiary/aromatic N) is 4. The van der Waals surface area contributed by atoms with Crippen LogP contribution in [-0.2, 0) is 0 Å². The molecule has 0 aliphatic rings. The van der Waals surface area contributed by atoms with Gasteiger partial charge in [-0.15, -0.1) is 0 Å². The first kappa shape index (κ1) is 10.4. The normalized spacial score (nSPS) is 10.4. The Kier molecular flexibility index (Phi) is 2.69. The van der Waals surface area contributed by atoms with Crippen LogP contribution in [0.2, 0.25) is 0 Å². The Morgan fingerprint density at radius 3 is 2.62 bits per heavy atom. The minimum absolute atomic E-state index is 0.451. The second-order valence-electron chi connectivity index (χ2n) is 3.89. The Morgan fingerprint density at radius 2 is 2.12 bits per heavy atom. The van der Waals surface area contributed by atoms with Crippen LogP contribution in [0.5, 0.6) is 0 Å². The molecular weight excluding hydrogens is 200 g/mol. The van der Waals surface area contributed by atoms with E-state index in [1.54, 1.807) is 23.0 Å². The highest BCUT2D eigenvalue weighted by molar-refractivity contribution is 5.32. The van der Waals surface area contributed by atoms with Gasteiger partial charge < -0.3 is 0 Å². The van der Waals surface area contributed by atoms with Crippen LogP contribution in [0.4, 0.5) is 0 Å². The second-order valence-corrected chi connectivity index (χ2v) is 3.89. The van der Waals surface area contributed by atoms with Gasteiger partial charge >= 0.3 is 0 Å². The average molecular weight is 212 g/mol. The quantitative estimate of drug-likeness (QED) is 0.767. The van der Waals surface area contributed by atoms with E-state index in [1.807, 2.05) is 18.5 Å². The van der Waals surface area contributed by atoms with Crippen LogP contribution in [-0.4, -0.2) is 14.8 Å². The zero-order valence-corrected chi connectivity index (χ0v) is 9.25. The topological polar surface area (TPSA) is 54.5 Å². The number of hydrogen-bond donors (Lipinski definition) is 0. The first-order chi connectivity index (χ1) is 7.70. The van der Waals surface area contributed by atoms with Crippen molar-refractivity contribution in [2.45, 2.75) is 19.8 Å². The lowest BCUT2D eigenvalue weighted by atomic mass is 10.1. The summed E-state index contributed by atoms with van der Waals surface area (Å²) in [7, 11) is 0. The van der Waals surface area contributed by atoms with E-state index in [9.17, 15) is 0 Å². The summed E-state index contributed by atoms with van der Waals surface area (Å²) in [4.78, 5) is 4.17. The van der Waals surface area contributed by atoms with E-state index in [-0.39, 0.29) is 0 Å². The molecule has 2 aromatic rings. The van der Waals surface area contributed by atoms with Crippen molar-refractivity contribution in [3.8, 4) is 11.9 Å². The highest BCUT2D eigenvalue weighted by atomic mass is 15.3. The van der Waals surface area contributed by atoms with E-state index in [0.29, 0.717) is 11.5 Å². The first-order valence-corrected chi connectivity index (χ1v) is 5.12. The zero-order valence-electron chi connectivity index (χ0n) is 9.25. The molecule has 0 saturated heterocycles. The molecule has 0 saturated carbocycles. The fourth-order valence-electron chi connectivity index (χ4n) is 1.35. The van der Waals surface area contributed by atoms with Gasteiger partial charge in [-0.1, -0.05) is 13.8 Å². The van der Waals surface area contributed by atoms with E-state index in [0.717, 1.165) is 5.82 Å². The molecule has 4 nitrogen and oxygen atoms in total. The van der Waals surface area contributed by atoms with Crippen LogP contribution in [0.1, 0.15) is 30.9 Å². The molecule has 0 amide bonds. The van der Waals surface area contributed by atoms with Crippen molar-refractivity contribution in [3.05, 3.63) is 41.9 Å². The maximum absolute atomic E-state index is 8.66. The molecule has 2 aromatic heterocycles. The molecule has 2 rings (SSSR count). The molecule has 0 spiro atoms. The predicted octanol–water partition coefficient (Wildman–Crippen LogP) is 2.26. The summed E-state index contributed by atoms with van der Waals surface area (Å²) in [6.07, 6.45) is 5.34. The number of pyridine rings is 1. The largest absolute Gasteiger partial charge is 0.236 e. The Balaban J connectivity index is 2.32. The summed E-state index contributed by atoms with van der Waals surface area (Å²) in [5.41, 5.74) is 1.73. The summed E-state index contributed by atoms with van der Waals surface area (Å²) in [5, 5.41) is 12.9. The van der Waals surface area contributed by atoms with Crippen LogP contribution in [0.3, 0.4) is 0 Å². The smallest absolute Gasteiger partial charge is 0.153 e. The summed E-state index contributed by atoms with van der Waals surface area (Å²) in [5.74, 6) is 1.18. The van der Waals surface area contributed by atoms with Gasteiger partial charge in [-0.3, -0.25) is 0 Å². The summed E-state index contributed by atoms with van der Waals surface area (Å²) < 4.78 is 1.72. The Morgan fingerprint density at radius 1 is 1.31 bits per heavy atom. The van der Waals surface area contributed by atoms with Crippen LogP contribution >= 0.6 is 0 Å². The van der Waals surface area contributed by atoms with Crippen molar-refractivity contribution in [1.29, 1.82) is 5.26 Å². The maximum atomic E-state index is 8.66. The molecule has 16 heavy (non-hydrogen) atoms. The maximum Gasteiger partial charge on any atom is 0.153 e. The molecule has 0 N–H and O–H groups in total. The minimum Gasteiger partial charge on any atom is -0.236 e. The number of hydrogen-bond acceptors (Lipinski definition) is 3.